The van der Waals surface area contributed by atoms with Gasteiger partial charge in [-0.1, -0.05) is 64.5 Å². The summed E-state index contributed by atoms with van der Waals surface area (Å²) in [4.78, 5) is 27.0. The van der Waals surface area contributed by atoms with Gasteiger partial charge in [-0.2, -0.15) is 5.26 Å². The second-order valence-electron chi connectivity index (χ2n) is 6.99. The van der Waals surface area contributed by atoms with E-state index in [0.717, 1.165) is 26.7 Å². The van der Waals surface area contributed by atoms with Crippen molar-refractivity contribution in [1.29, 1.82) is 5.26 Å². The lowest BCUT2D eigenvalue weighted by molar-refractivity contribution is -0.123. The van der Waals surface area contributed by atoms with Gasteiger partial charge in [-0.25, -0.2) is 0 Å². The van der Waals surface area contributed by atoms with Gasteiger partial charge in [0, 0.05) is 10.0 Å². The molecule has 1 heterocycles. The van der Waals surface area contributed by atoms with Crippen molar-refractivity contribution in [1.82, 2.24) is 4.90 Å². The number of rotatable bonds is 6. The number of amides is 2. The minimum atomic E-state index is -0.387. The maximum atomic E-state index is 13.0. The number of nitriles is 1. The summed E-state index contributed by atoms with van der Waals surface area (Å²) in [5.41, 5.74) is 2.79. The van der Waals surface area contributed by atoms with Crippen molar-refractivity contribution in [3.63, 3.8) is 0 Å². The third kappa shape index (κ3) is 4.93. The first kappa shape index (κ1) is 21.9. The highest BCUT2D eigenvalue weighted by molar-refractivity contribution is 9.10. The molecule has 0 bridgehead atoms. The summed E-state index contributed by atoms with van der Waals surface area (Å²) in [5, 5.41) is 8.92. The molecule has 1 aliphatic rings. The van der Waals surface area contributed by atoms with Gasteiger partial charge >= 0.3 is 0 Å². The highest BCUT2D eigenvalue weighted by Gasteiger charge is 2.35. The Morgan fingerprint density at radius 3 is 2.56 bits per heavy atom. The van der Waals surface area contributed by atoms with Crippen LogP contribution in [0.2, 0.25) is 0 Å². The zero-order valence-electron chi connectivity index (χ0n) is 16.8. The molecule has 7 heteroatoms. The molecule has 0 radical (unpaired) electrons. The maximum absolute atomic E-state index is 13.0. The molecule has 2 amide bonds. The van der Waals surface area contributed by atoms with Crippen LogP contribution >= 0.6 is 27.7 Å². The van der Waals surface area contributed by atoms with Gasteiger partial charge in [0.15, 0.2) is 0 Å². The molecule has 158 valence electrons. The number of thioether (sulfide) groups is 1. The topological polar surface area (TPSA) is 70.4 Å². The Morgan fingerprint density at radius 1 is 1.03 bits per heavy atom. The van der Waals surface area contributed by atoms with Crippen LogP contribution in [0.3, 0.4) is 0 Å². The van der Waals surface area contributed by atoms with Crippen molar-refractivity contribution >= 4 is 44.9 Å². The number of halogens is 1. The summed E-state index contributed by atoms with van der Waals surface area (Å²) >= 11 is 4.34. The van der Waals surface area contributed by atoms with Gasteiger partial charge < -0.3 is 4.74 Å². The number of carbonyl (C=O) groups excluding carboxylic acids is 2. The van der Waals surface area contributed by atoms with Crippen LogP contribution in [0, 0.1) is 11.3 Å². The van der Waals surface area contributed by atoms with E-state index in [0.29, 0.717) is 34.0 Å². The van der Waals surface area contributed by atoms with Crippen LogP contribution in [0.15, 0.2) is 82.2 Å². The van der Waals surface area contributed by atoms with E-state index in [2.05, 4.69) is 22.0 Å². The highest BCUT2D eigenvalue weighted by atomic mass is 79.9. The average molecular weight is 505 g/mol. The molecule has 0 atom stereocenters. The summed E-state index contributed by atoms with van der Waals surface area (Å²) in [7, 11) is 0. The summed E-state index contributed by atoms with van der Waals surface area (Å²) < 4.78 is 6.81. The van der Waals surface area contributed by atoms with Crippen molar-refractivity contribution in [3.05, 3.63) is 104 Å². The fourth-order valence-corrected chi connectivity index (χ4v) is 4.42. The molecule has 1 saturated heterocycles. The van der Waals surface area contributed by atoms with E-state index in [-0.39, 0.29) is 17.7 Å². The Morgan fingerprint density at radius 2 is 1.78 bits per heavy atom. The molecule has 3 aromatic rings. The lowest BCUT2D eigenvalue weighted by Crippen LogP contribution is -2.27. The van der Waals surface area contributed by atoms with Crippen LogP contribution in [0.5, 0.6) is 5.75 Å². The first-order valence-corrected chi connectivity index (χ1v) is 11.4. The molecule has 0 N–H and O–H groups in total. The molecule has 0 saturated carbocycles. The quantitative estimate of drug-likeness (QED) is 0.377. The summed E-state index contributed by atoms with van der Waals surface area (Å²) in [5.74, 6) is 0.223. The zero-order valence-corrected chi connectivity index (χ0v) is 19.2. The molecule has 0 unspecified atom stereocenters. The Balaban J connectivity index is 1.57. The van der Waals surface area contributed by atoms with Gasteiger partial charge in [0.1, 0.15) is 12.4 Å². The molecule has 5 nitrogen and oxygen atoms in total. The first-order chi connectivity index (χ1) is 15.5. The van der Waals surface area contributed by atoms with Crippen LogP contribution in [-0.4, -0.2) is 16.0 Å². The van der Waals surface area contributed by atoms with E-state index >= 15 is 0 Å². The van der Waals surface area contributed by atoms with E-state index in [1.807, 2.05) is 48.5 Å². The zero-order chi connectivity index (χ0) is 22.5. The predicted molar refractivity (Wildman–Crippen MR) is 128 cm³/mol. The number of imide groups is 1. The number of hydrogen-bond acceptors (Lipinski definition) is 5. The van der Waals surface area contributed by atoms with Crippen molar-refractivity contribution in [2.45, 2.75) is 13.2 Å². The number of ether oxygens (including phenoxy) is 1. The van der Waals surface area contributed by atoms with E-state index in [9.17, 15) is 14.9 Å². The molecule has 1 aliphatic heterocycles. The molecule has 4 rings (SSSR count). The van der Waals surface area contributed by atoms with Crippen LogP contribution in [0.25, 0.3) is 6.08 Å². The first-order valence-electron chi connectivity index (χ1n) is 9.75. The Labute approximate surface area is 198 Å². The number of nitrogens with zero attached hydrogens (tertiary/aromatic N) is 2. The Bertz CT molecular complexity index is 1250. The second kappa shape index (κ2) is 9.86. The van der Waals surface area contributed by atoms with Gasteiger partial charge in [0.25, 0.3) is 11.1 Å². The number of hydrogen-bond donors (Lipinski definition) is 0. The summed E-state index contributed by atoms with van der Waals surface area (Å²) in [6, 6.07) is 24.4. The lowest BCUT2D eigenvalue weighted by Gasteiger charge is -2.13. The van der Waals surface area contributed by atoms with Crippen molar-refractivity contribution in [2.24, 2.45) is 0 Å². The van der Waals surface area contributed by atoms with Crippen LogP contribution in [0.4, 0.5) is 4.79 Å². The average Bonchev–Trinajstić information content (AvgIpc) is 3.07. The Hall–Kier alpha value is -3.34. The van der Waals surface area contributed by atoms with Crippen molar-refractivity contribution < 1.29 is 14.3 Å². The van der Waals surface area contributed by atoms with E-state index < -0.39 is 0 Å². The van der Waals surface area contributed by atoms with Gasteiger partial charge in [-0.15, -0.1) is 0 Å². The van der Waals surface area contributed by atoms with Gasteiger partial charge in [0.05, 0.1) is 23.1 Å². The molecule has 0 aromatic heterocycles. The monoisotopic (exact) mass is 504 g/mol. The van der Waals surface area contributed by atoms with E-state index in [1.165, 1.54) is 0 Å². The standard InChI is InChI=1S/C25H17BrN2O3S/c26-21-10-11-22(31-16-17-6-2-1-3-7-17)20(12-21)13-23-24(29)28(25(30)32-23)15-19-9-5-4-8-18(19)14-27/h1-13H,15-16H2/b23-13-. The van der Waals surface area contributed by atoms with Crippen LogP contribution in [-0.2, 0) is 17.9 Å². The molecular weight excluding hydrogens is 488 g/mol. The van der Waals surface area contributed by atoms with Crippen LogP contribution < -0.4 is 4.74 Å². The van der Waals surface area contributed by atoms with Crippen molar-refractivity contribution in [3.8, 4) is 11.8 Å². The molecule has 32 heavy (non-hydrogen) atoms. The fourth-order valence-electron chi connectivity index (χ4n) is 3.21. The van der Waals surface area contributed by atoms with E-state index in [1.54, 1.807) is 30.3 Å². The summed E-state index contributed by atoms with van der Waals surface area (Å²) in [6.45, 7) is 0.442. The molecule has 0 spiro atoms. The third-order valence-electron chi connectivity index (χ3n) is 4.84. The molecule has 0 aliphatic carbocycles. The minimum Gasteiger partial charge on any atom is -0.488 e. The fraction of sp³-hybridized carbons (Fsp3) is 0.0800. The van der Waals surface area contributed by atoms with Gasteiger partial charge in [-0.3, -0.25) is 14.5 Å². The minimum absolute atomic E-state index is 0.0571. The maximum Gasteiger partial charge on any atom is 0.293 e. The highest BCUT2D eigenvalue weighted by Crippen LogP contribution is 2.36. The number of carbonyl (C=O) groups is 2. The third-order valence-corrected chi connectivity index (χ3v) is 6.24. The molecule has 1 fully saturated rings. The largest absolute Gasteiger partial charge is 0.488 e. The Kier molecular flexibility index (Phi) is 6.74. The number of benzene rings is 3. The second-order valence-corrected chi connectivity index (χ2v) is 8.90. The van der Waals surface area contributed by atoms with Gasteiger partial charge in [-0.05, 0) is 53.2 Å². The predicted octanol–water partition coefficient (Wildman–Crippen LogP) is 6.14. The van der Waals surface area contributed by atoms with Crippen molar-refractivity contribution in [2.75, 3.05) is 0 Å². The molecular formula is C25H17BrN2O3S. The normalized spacial score (nSPS) is 14.6. The lowest BCUT2D eigenvalue weighted by atomic mass is 10.1. The van der Waals surface area contributed by atoms with Crippen LogP contribution in [0.1, 0.15) is 22.3 Å². The molecule has 3 aromatic carbocycles. The smallest absolute Gasteiger partial charge is 0.293 e. The summed E-state index contributed by atoms with van der Waals surface area (Å²) in [6.07, 6.45) is 1.67. The van der Waals surface area contributed by atoms with Gasteiger partial charge in [0.2, 0.25) is 0 Å². The SMILES string of the molecule is N#Cc1ccccc1CN1C(=O)S/C(=C\c2cc(Br)ccc2OCc2ccccc2)C1=O. The van der Waals surface area contributed by atoms with E-state index in [4.69, 9.17) is 4.74 Å².